The Morgan fingerprint density at radius 1 is 1.29 bits per heavy atom. The Morgan fingerprint density at radius 2 is 2.00 bits per heavy atom. The van der Waals surface area contributed by atoms with Gasteiger partial charge >= 0.3 is 5.97 Å². The van der Waals surface area contributed by atoms with E-state index in [0.29, 0.717) is 0 Å². The van der Waals surface area contributed by atoms with E-state index in [2.05, 4.69) is 4.74 Å². The third-order valence-electron chi connectivity index (χ3n) is 3.86. The van der Waals surface area contributed by atoms with Crippen molar-refractivity contribution in [2.75, 3.05) is 13.7 Å². The van der Waals surface area contributed by atoms with Crippen molar-refractivity contribution in [2.45, 2.75) is 33.2 Å². The van der Waals surface area contributed by atoms with Crippen LogP contribution in [0.5, 0.6) is 0 Å². The smallest absolute Gasteiger partial charge is 0.325 e. The van der Waals surface area contributed by atoms with Gasteiger partial charge in [-0.05, 0) is 26.0 Å². The fourth-order valence-electron chi connectivity index (χ4n) is 2.53. The van der Waals surface area contributed by atoms with Crippen molar-refractivity contribution < 1.29 is 18.7 Å². The van der Waals surface area contributed by atoms with Crippen molar-refractivity contribution in [3.05, 3.63) is 41.7 Å². The molecule has 2 aromatic rings. The molecule has 5 nitrogen and oxygen atoms in total. The van der Waals surface area contributed by atoms with E-state index >= 15 is 0 Å². The lowest BCUT2D eigenvalue weighted by Gasteiger charge is -2.24. The zero-order chi connectivity index (χ0) is 17.7. The highest BCUT2D eigenvalue weighted by molar-refractivity contribution is 5.97. The SMILES string of the molecule is CCc1oc2ccccc2c1C=CC(=O)N(CC(=O)OC)C(C)C. The number of nitrogens with zero attached hydrogens (tertiary/aromatic N) is 1. The molecule has 0 saturated carbocycles. The monoisotopic (exact) mass is 329 g/mol. The van der Waals surface area contributed by atoms with E-state index in [1.807, 2.05) is 45.0 Å². The Morgan fingerprint density at radius 3 is 2.62 bits per heavy atom. The molecule has 1 heterocycles. The Hall–Kier alpha value is -2.56. The van der Waals surface area contributed by atoms with Crippen molar-refractivity contribution in [2.24, 2.45) is 0 Å². The molecule has 0 atom stereocenters. The first-order valence-corrected chi connectivity index (χ1v) is 8.03. The second-order valence-electron chi connectivity index (χ2n) is 5.76. The molecule has 0 aliphatic heterocycles. The number of methoxy groups -OCH3 is 1. The first-order valence-electron chi connectivity index (χ1n) is 8.03. The standard InChI is InChI=1S/C19H23NO4/c1-5-16-15(14-8-6-7-9-17(14)24-16)10-11-18(21)20(13(2)3)12-19(22)23-4/h6-11,13H,5,12H2,1-4H3. The zero-order valence-corrected chi connectivity index (χ0v) is 14.5. The fraction of sp³-hybridized carbons (Fsp3) is 0.368. The summed E-state index contributed by atoms with van der Waals surface area (Å²) in [4.78, 5) is 25.4. The summed E-state index contributed by atoms with van der Waals surface area (Å²) in [7, 11) is 1.31. The maximum absolute atomic E-state index is 12.5. The van der Waals surface area contributed by atoms with Gasteiger partial charge in [0.05, 0.1) is 7.11 Å². The minimum atomic E-state index is -0.437. The van der Waals surface area contributed by atoms with Gasteiger partial charge in [-0.3, -0.25) is 9.59 Å². The molecule has 1 aromatic carbocycles. The van der Waals surface area contributed by atoms with Gasteiger partial charge in [0.15, 0.2) is 0 Å². The van der Waals surface area contributed by atoms with Crippen LogP contribution in [0.1, 0.15) is 32.1 Å². The number of carbonyl (C=O) groups is 2. The number of esters is 1. The van der Waals surface area contributed by atoms with E-state index in [4.69, 9.17) is 4.42 Å². The Balaban J connectivity index is 2.28. The Kier molecular flexibility index (Phi) is 5.79. The number of hydrogen-bond donors (Lipinski definition) is 0. The molecule has 0 radical (unpaired) electrons. The molecule has 24 heavy (non-hydrogen) atoms. The summed E-state index contributed by atoms with van der Waals surface area (Å²) in [6.07, 6.45) is 3.98. The molecular weight excluding hydrogens is 306 g/mol. The number of para-hydroxylation sites is 1. The predicted molar refractivity (Wildman–Crippen MR) is 93.5 cm³/mol. The lowest BCUT2D eigenvalue weighted by atomic mass is 10.1. The Bertz CT molecular complexity index is 758. The normalized spacial score (nSPS) is 11.4. The van der Waals surface area contributed by atoms with Gasteiger partial charge in [0.1, 0.15) is 17.9 Å². The number of furan rings is 1. The predicted octanol–water partition coefficient (Wildman–Crippen LogP) is 3.42. The number of rotatable bonds is 6. The molecule has 0 fully saturated rings. The van der Waals surface area contributed by atoms with Gasteiger partial charge in [0.25, 0.3) is 0 Å². The van der Waals surface area contributed by atoms with Gasteiger partial charge in [0, 0.05) is 29.5 Å². The van der Waals surface area contributed by atoms with Crippen LogP contribution in [0.3, 0.4) is 0 Å². The lowest BCUT2D eigenvalue weighted by Crippen LogP contribution is -2.40. The molecule has 1 amide bonds. The van der Waals surface area contributed by atoms with Crippen LogP contribution in [0.4, 0.5) is 0 Å². The summed E-state index contributed by atoms with van der Waals surface area (Å²) in [5, 5.41) is 0.975. The van der Waals surface area contributed by atoms with Crippen LogP contribution in [-0.4, -0.2) is 36.5 Å². The number of benzene rings is 1. The van der Waals surface area contributed by atoms with Crippen LogP contribution in [0.15, 0.2) is 34.8 Å². The number of aryl methyl sites for hydroxylation is 1. The van der Waals surface area contributed by atoms with Crippen LogP contribution in [0.25, 0.3) is 17.0 Å². The highest BCUT2D eigenvalue weighted by Crippen LogP contribution is 2.27. The quantitative estimate of drug-likeness (QED) is 0.602. The van der Waals surface area contributed by atoms with Gasteiger partial charge in [-0.1, -0.05) is 25.1 Å². The minimum absolute atomic E-state index is 0.0654. The van der Waals surface area contributed by atoms with E-state index in [9.17, 15) is 9.59 Å². The number of amides is 1. The molecule has 0 N–H and O–H groups in total. The van der Waals surface area contributed by atoms with E-state index in [-0.39, 0.29) is 18.5 Å². The van der Waals surface area contributed by atoms with E-state index < -0.39 is 5.97 Å². The van der Waals surface area contributed by atoms with Crippen molar-refractivity contribution >= 4 is 28.9 Å². The summed E-state index contributed by atoms with van der Waals surface area (Å²) in [6.45, 7) is 5.66. The molecular formula is C19H23NO4. The van der Waals surface area contributed by atoms with Crippen LogP contribution in [0, 0.1) is 0 Å². The average Bonchev–Trinajstić information content (AvgIpc) is 2.94. The number of fused-ring (bicyclic) bond motifs is 1. The lowest BCUT2D eigenvalue weighted by molar-refractivity contribution is -0.146. The second kappa shape index (κ2) is 7.81. The molecule has 128 valence electrons. The molecule has 0 saturated heterocycles. The number of ether oxygens (including phenoxy) is 1. The molecule has 2 rings (SSSR count). The molecule has 0 bridgehead atoms. The third-order valence-corrected chi connectivity index (χ3v) is 3.86. The first-order chi connectivity index (χ1) is 11.5. The van der Waals surface area contributed by atoms with Crippen molar-refractivity contribution in [1.29, 1.82) is 0 Å². The van der Waals surface area contributed by atoms with E-state index in [0.717, 1.165) is 28.7 Å². The summed E-state index contributed by atoms with van der Waals surface area (Å²) in [5.41, 5.74) is 1.71. The van der Waals surface area contributed by atoms with Gasteiger partial charge in [0.2, 0.25) is 5.91 Å². The number of carbonyl (C=O) groups excluding carboxylic acids is 2. The number of hydrogen-bond acceptors (Lipinski definition) is 4. The van der Waals surface area contributed by atoms with Gasteiger partial charge < -0.3 is 14.1 Å². The maximum atomic E-state index is 12.5. The fourth-order valence-corrected chi connectivity index (χ4v) is 2.53. The van der Waals surface area contributed by atoms with Crippen molar-refractivity contribution in [1.82, 2.24) is 4.90 Å². The highest BCUT2D eigenvalue weighted by atomic mass is 16.5. The maximum Gasteiger partial charge on any atom is 0.325 e. The summed E-state index contributed by atoms with van der Waals surface area (Å²) >= 11 is 0. The Labute approximate surface area is 141 Å². The zero-order valence-electron chi connectivity index (χ0n) is 14.5. The molecule has 0 aliphatic carbocycles. The van der Waals surface area contributed by atoms with Gasteiger partial charge in [-0.25, -0.2) is 0 Å². The molecule has 5 heteroatoms. The first kappa shape index (κ1) is 17.8. The van der Waals surface area contributed by atoms with Crippen LogP contribution in [-0.2, 0) is 20.7 Å². The average molecular weight is 329 g/mol. The minimum Gasteiger partial charge on any atom is -0.468 e. The van der Waals surface area contributed by atoms with E-state index in [1.165, 1.54) is 18.1 Å². The second-order valence-corrected chi connectivity index (χ2v) is 5.76. The van der Waals surface area contributed by atoms with Crippen molar-refractivity contribution in [3.8, 4) is 0 Å². The van der Waals surface area contributed by atoms with E-state index in [1.54, 1.807) is 6.08 Å². The third kappa shape index (κ3) is 3.85. The largest absolute Gasteiger partial charge is 0.468 e. The molecule has 0 unspecified atom stereocenters. The molecule has 1 aromatic heterocycles. The van der Waals surface area contributed by atoms with Gasteiger partial charge in [-0.2, -0.15) is 0 Å². The van der Waals surface area contributed by atoms with Gasteiger partial charge in [-0.15, -0.1) is 0 Å². The summed E-state index contributed by atoms with van der Waals surface area (Å²) in [5.74, 6) is 0.167. The summed E-state index contributed by atoms with van der Waals surface area (Å²) < 4.78 is 10.5. The van der Waals surface area contributed by atoms with Crippen LogP contribution in [0.2, 0.25) is 0 Å². The van der Waals surface area contributed by atoms with Crippen LogP contribution >= 0.6 is 0 Å². The molecule has 0 spiro atoms. The molecule has 0 aliphatic rings. The van der Waals surface area contributed by atoms with Crippen molar-refractivity contribution in [3.63, 3.8) is 0 Å². The highest BCUT2D eigenvalue weighted by Gasteiger charge is 2.19. The summed E-state index contributed by atoms with van der Waals surface area (Å²) in [6, 6.07) is 7.63. The van der Waals surface area contributed by atoms with Crippen LogP contribution < -0.4 is 0 Å². The topological polar surface area (TPSA) is 59.8 Å².